The smallest absolute Gasteiger partial charge is 0.192 e. The van der Waals surface area contributed by atoms with E-state index in [-0.39, 0.29) is 24.0 Å². The molecule has 0 saturated carbocycles. The predicted octanol–water partition coefficient (Wildman–Crippen LogP) is 2.88. The summed E-state index contributed by atoms with van der Waals surface area (Å²) in [5, 5.41) is 7.26. The second-order valence-electron chi connectivity index (χ2n) is 4.46. The van der Waals surface area contributed by atoms with Crippen molar-refractivity contribution in [3.8, 4) is 12.3 Å². The molecule has 1 aromatic heterocycles. The highest BCUT2D eigenvalue weighted by molar-refractivity contribution is 14.0. The summed E-state index contributed by atoms with van der Waals surface area (Å²) in [4.78, 5) is 10.4. The quantitative estimate of drug-likeness (QED) is 0.342. The molecule has 0 unspecified atom stereocenters. The summed E-state index contributed by atoms with van der Waals surface area (Å²) in [6.07, 6.45) is 5.23. The van der Waals surface area contributed by atoms with Crippen LogP contribution in [0.25, 0.3) is 0 Å². The van der Waals surface area contributed by atoms with E-state index in [4.69, 9.17) is 6.42 Å². The fraction of sp³-hybridized carbons (Fsp3) is 0.571. The first-order chi connectivity index (χ1) is 9.08. The van der Waals surface area contributed by atoms with Crippen molar-refractivity contribution in [2.45, 2.75) is 40.2 Å². The average Bonchev–Trinajstić information content (AvgIpc) is 2.74. The lowest BCUT2D eigenvalue weighted by atomic mass is 10.1. The number of aliphatic imine (C=N–C) groups is 1. The summed E-state index contributed by atoms with van der Waals surface area (Å²) in [5.41, 5.74) is 1.18. The monoisotopic (exact) mass is 406 g/mol. The van der Waals surface area contributed by atoms with E-state index in [0.717, 1.165) is 17.5 Å². The summed E-state index contributed by atoms with van der Waals surface area (Å²) in [5.74, 6) is 3.73. The van der Waals surface area contributed by atoms with E-state index in [1.807, 2.05) is 6.92 Å². The van der Waals surface area contributed by atoms with Crippen molar-refractivity contribution in [2.75, 3.05) is 13.1 Å². The van der Waals surface area contributed by atoms with Crippen LogP contribution < -0.4 is 10.6 Å². The largest absolute Gasteiger partial charge is 0.357 e. The molecule has 0 radical (unpaired) electrons. The van der Waals surface area contributed by atoms with Crippen LogP contribution in [0.4, 0.5) is 0 Å². The van der Waals surface area contributed by atoms with Crippen LogP contribution in [0.15, 0.2) is 4.99 Å². The normalized spacial score (nSPS) is 10.9. The first kappa shape index (κ1) is 19.2. The minimum Gasteiger partial charge on any atom is -0.357 e. The van der Waals surface area contributed by atoms with Gasteiger partial charge in [0.15, 0.2) is 5.96 Å². The molecule has 0 spiro atoms. The molecule has 0 fully saturated rings. The van der Waals surface area contributed by atoms with Crippen molar-refractivity contribution in [3.63, 3.8) is 0 Å². The van der Waals surface area contributed by atoms with Gasteiger partial charge in [-0.25, -0.2) is 9.98 Å². The molecular weight excluding hydrogens is 383 g/mol. The second kappa shape index (κ2) is 10.00. The van der Waals surface area contributed by atoms with Crippen LogP contribution in [-0.2, 0) is 6.54 Å². The van der Waals surface area contributed by atoms with Crippen molar-refractivity contribution in [3.05, 3.63) is 15.6 Å². The van der Waals surface area contributed by atoms with E-state index in [2.05, 4.69) is 47.3 Å². The van der Waals surface area contributed by atoms with Gasteiger partial charge in [-0.1, -0.05) is 19.8 Å². The second-order valence-corrected chi connectivity index (χ2v) is 5.74. The Morgan fingerprint density at radius 2 is 2.15 bits per heavy atom. The molecule has 0 atom stereocenters. The first-order valence-corrected chi connectivity index (χ1v) is 7.32. The van der Waals surface area contributed by atoms with E-state index < -0.39 is 0 Å². The topological polar surface area (TPSA) is 49.3 Å². The van der Waals surface area contributed by atoms with Gasteiger partial charge in [0.1, 0.15) is 5.01 Å². The summed E-state index contributed by atoms with van der Waals surface area (Å²) < 4.78 is 0. The number of hydrogen-bond acceptors (Lipinski definition) is 3. The van der Waals surface area contributed by atoms with Crippen LogP contribution in [0.1, 0.15) is 42.3 Å². The number of halogens is 1. The fourth-order valence-electron chi connectivity index (χ4n) is 1.69. The van der Waals surface area contributed by atoms with Gasteiger partial charge < -0.3 is 10.6 Å². The standard InChI is InChI=1S/C14H22N4S.HI/c1-6-8-16-14(15-7-2)17-9-12-18-13(10(3)4)11(5)19-12;/h1,10H,7-9H2,2-5H3,(H2,15,16,17);1H. The van der Waals surface area contributed by atoms with Crippen LogP contribution >= 0.6 is 35.3 Å². The fourth-order valence-corrected chi connectivity index (χ4v) is 2.70. The number of terminal acetylenes is 1. The Morgan fingerprint density at radius 3 is 2.65 bits per heavy atom. The molecule has 1 aromatic rings. The molecule has 1 heterocycles. The maximum atomic E-state index is 5.23. The summed E-state index contributed by atoms with van der Waals surface area (Å²) in [6, 6.07) is 0. The number of thiazole rings is 1. The molecular formula is C14H23IN4S. The number of guanidine groups is 1. The summed E-state index contributed by atoms with van der Waals surface area (Å²) >= 11 is 1.71. The van der Waals surface area contributed by atoms with Crippen molar-refractivity contribution >= 4 is 41.3 Å². The van der Waals surface area contributed by atoms with Crippen LogP contribution in [0.5, 0.6) is 0 Å². The molecule has 6 heteroatoms. The molecule has 0 saturated heterocycles. The third-order valence-corrected chi connectivity index (χ3v) is 3.47. The first-order valence-electron chi connectivity index (χ1n) is 6.50. The zero-order valence-corrected chi connectivity index (χ0v) is 15.6. The molecule has 1 rings (SSSR count). The van der Waals surface area contributed by atoms with E-state index in [9.17, 15) is 0 Å². The van der Waals surface area contributed by atoms with Gasteiger partial charge in [-0.05, 0) is 19.8 Å². The summed E-state index contributed by atoms with van der Waals surface area (Å²) in [7, 11) is 0. The molecule has 0 bridgehead atoms. The number of aromatic nitrogens is 1. The number of nitrogens with zero attached hydrogens (tertiary/aromatic N) is 2. The van der Waals surface area contributed by atoms with Crippen LogP contribution in [0, 0.1) is 19.3 Å². The van der Waals surface area contributed by atoms with Gasteiger partial charge in [0, 0.05) is 11.4 Å². The zero-order chi connectivity index (χ0) is 14.3. The Kier molecular flexibility index (Phi) is 9.59. The number of rotatable bonds is 5. The molecule has 0 aliphatic heterocycles. The lowest BCUT2D eigenvalue weighted by molar-refractivity contribution is 0.810. The van der Waals surface area contributed by atoms with Gasteiger partial charge in [0.2, 0.25) is 0 Å². The van der Waals surface area contributed by atoms with Gasteiger partial charge in [0.25, 0.3) is 0 Å². The highest BCUT2D eigenvalue weighted by Gasteiger charge is 2.10. The Labute approximate surface area is 142 Å². The minimum atomic E-state index is 0. The van der Waals surface area contributed by atoms with Gasteiger partial charge in [-0.15, -0.1) is 41.7 Å². The Hall–Kier alpha value is -0.810. The van der Waals surface area contributed by atoms with E-state index in [1.165, 1.54) is 10.6 Å². The van der Waals surface area contributed by atoms with E-state index in [1.54, 1.807) is 11.3 Å². The molecule has 112 valence electrons. The Morgan fingerprint density at radius 1 is 1.45 bits per heavy atom. The molecule has 0 amide bonds. The number of nitrogens with one attached hydrogen (secondary N) is 2. The number of hydrogen-bond donors (Lipinski definition) is 2. The molecule has 4 nitrogen and oxygen atoms in total. The Bertz CT molecular complexity index is 474. The van der Waals surface area contributed by atoms with Gasteiger partial charge in [0.05, 0.1) is 18.8 Å². The highest BCUT2D eigenvalue weighted by atomic mass is 127. The minimum absolute atomic E-state index is 0. The average molecular weight is 406 g/mol. The van der Waals surface area contributed by atoms with Crippen molar-refractivity contribution in [2.24, 2.45) is 4.99 Å². The molecule has 0 aromatic carbocycles. The SMILES string of the molecule is C#CCNC(=NCc1nc(C(C)C)c(C)s1)NCC.I. The van der Waals surface area contributed by atoms with Gasteiger partial charge >= 0.3 is 0 Å². The third kappa shape index (κ3) is 6.09. The molecule has 20 heavy (non-hydrogen) atoms. The third-order valence-electron chi connectivity index (χ3n) is 2.50. The maximum absolute atomic E-state index is 5.23. The molecule has 2 N–H and O–H groups in total. The number of aryl methyl sites for hydroxylation is 1. The van der Waals surface area contributed by atoms with Crippen molar-refractivity contribution < 1.29 is 0 Å². The zero-order valence-electron chi connectivity index (χ0n) is 12.5. The Balaban J connectivity index is 0.00000361. The van der Waals surface area contributed by atoms with Crippen LogP contribution in [0.3, 0.4) is 0 Å². The van der Waals surface area contributed by atoms with Crippen molar-refractivity contribution in [1.29, 1.82) is 0 Å². The highest BCUT2D eigenvalue weighted by Crippen LogP contribution is 2.24. The van der Waals surface area contributed by atoms with Crippen LogP contribution in [-0.4, -0.2) is 24.0 Å². The van der Waals surface area contributed by atoms with Crippen LogP contribution in [0.2, 0.25) is 0 Å². The van der Waals surface area contributed by atoms with Gasteiger partial charge in [-0.2, -0.15) is 0 Å². The van der Waals surface area contributed by atoms with E-state index in [0.29, 0.717) is 19.0 Å². The molecule has 0 aliphatic rings. The molecule has 0 aliphatic carbocycles. The predicted molar refractivity (Wildman–Crippen MR) is 98.0 cm³/mol. The maximum Gasteiger partial charge on any atom is 0.192 e. The van der Waals surface area contributed by atoms with Gasteiger partial charge in [-0.3, -0.25) is 0 Å². The lowest BCUT2D eigenvalue weighted by Crippen LogP contribution is -2.37. The lowest BCUT2D eigenvalue weighted by Gasteiger charge is -2.07. The summed E-state index contributed by atoms with van der Waals surface area (Å²) in [6.45, 7) is 10.3. The van der Waals surface area contributed by atoms with Crippen molar-refractivity contribution in [1.82, 2.24) is 15.6 Å². The van der Waals surface area contributed by atoms with E-state index >= 15 is 0 Å².